The fourth-order valence-electron chi connectivity index (χ4n) is 0.980. The SMILES string of the molecule is FC(F)(F)C(Cl)=Nc1ccc(C(F)(F)F)c(Cl)c1. The van der Waals surface area contributed by atoms with Crippen LogP contribution in [0.25, 0.3) is 0 Å². The van der Waals surface area contributed by atoms with E-state index in [9.17, 15) is 26.3 Å². The fraction of sp³-hybridized carbons (Fsp3) is 0.222. The summed E-state index contributed by atoms with van der Waals surface area (Å²) in [4.78, 5) is 2.92. The minimum Gasteiger partial charge on any atom is -0.232 e. The molecule has 1 aromatic rings. The van der Waals surface area contributed by atoms with Crippen LogP contribution in [0.4, 0.5) is 32.0 Å². The number of benzene rings is 1. The second-order valence-corrected chi connectivity index (χ2v) is 3.83. The third kappa shape index (κ3) is 3.78. The Balaban J connectivity index is 3.14. The zero-order valence-corrected chi connectivity index (χ0v) is 9.71. The van der Waals surface area contributed by atoms with Gasteiger partial charge in [-0.05, 0) is 18.2 Å². The number of nitrogens with zero attached hydrogens (tertiary/aromatic N) is 1. The first-order valence-corrected chi connectivity index (χ1v) is 4.95. The van der Waals surface area contributed by atoms with Crippen molar-refractivity contribution in [1.29, 1.82) is 0 Å². The molecule has 0 aliphatic rings. The van der Waals surface area contributed by atoms with Gasteiger partial charge in [-0.15, -0.1) is 0 Å². The molecule has 9 heteroatoms. The Bertz CT molecular complexity index is 477. The van der Waals surface area contributed by atoms with E-state index in [0.717, 1.165) is 6.07 Å². The summed E-state index contributed by atoms with van der Waals surface area (Å²) in [6, 6.07) is 1.92. The van der Waals surface area contributed by atoms with Crippen molar-refractivity contribution in [2.45, 2.75) is 12.4 Å². The molecule has 0 amide bonds. The van der Waals surface area contributed by atoms with Gasteiger partial charge in [0.25, 0.3) is 0 Å². The van der Waals surface area contributed by atoms with Gasteiger partial charge in [0, 0.05) is 0 Å². The number of hydrogen-bond acceptors (Lipinski definition) is 1. The Morgan fingerprint density at radius 3 is 2.00 bits per heavy atom. The van der Waals surface area contributed by atoms with Crippen molar-refractivity contribution < 1.29 is 26.3 Å². The van der Waals surface area contributed by atoms with Crippen LogP contribution in [0.1, 0.15) is 5.56 Å². The average Bonchev–Trinajstić information content (AvgIpc) is 2.13. The van der Waals surface area contributed by atoms with E-state index in [-0.39, 0.29) is 0 Å². The number of halogens is 8. The molecule has 100 valence electrons. The Labute approximate surface area is 107 Å². The van der Waals surface area contributed by atoms with Crippen LogP contribution in [0, 0.1) is 0 Å². The fourth-order valence-corrected chi connectivity index (χ4v) is 1.36. The van der Waals surface area contributed by atoms with Crippen LogP contribution in [-0.2, 0) is 6.18 Å². The molecule has 0 unspecified atom stereocenters. The molecule has 0 bridgehead atoms. The Morgan fingerprint density at radius 2 is 1.61 bits per heavy atom. The molecule has 1 rings (SSSR count). The summed E-state index contributed by atoms with van der Waals surface area (Å²) in [5.41, 5.74) is -1.58. The minimum absolute atomic E-state index is 0.421. The predicted octanol–water partition coefficient (Wildman–Crippen LogP) is 5.19. The summed E-state index contributed by atoms with van der Waals surface area (Å²) >= 11 is 10.1. The molecular formula is C9H3Cl2F6N. The van der Waals surface area contributed by atoms with E-state index in [0.29, 0.717) is 12.1 Å². The van der Waals surface area contributed by atoms with Gasteiger partial charge in [-0.25, -0.2) is 4.99 Å². The van der Waals surface area contributed by atoms with Crippen molar-refractivity contribution >= 4 is 34.1 Å². The maximum atomic E-state index is 12.3. The lowest BCUT2D eigenvalue weighted by Crippen LogP contribution is -2.16. The summed E-state index contributed by atoms with van der Waals surface area (Å²) in [7, 11) is 0. The van der Waals surface area contributed by atoms with Gasteiger partial charge in [-0.2, -0.15) is 26.3 Å². The van der Waals surface area contributed by atoms with Crippen molar-refractivity contribution in [3.63, 3.8) is 0 Å². The smallest absolute Gasteiger partial charge is 0.232 e. The molecule has 0 aliphatic heterocycles. The second kappa shape index (κ2) is 4.97. The highest BCUT2D eigenvalue weighted by Gasteiger charge is 2.35. The standard InChI is InChI=1S/C9H3Cl2F6N/c10-6-3-4(18-7(11)9(15,16)17)1-2-5(6)8(12,13)14/h1-3H. The van der Waals surface area contributed by atoms with Crippen LogP contribution in [0.5, 0.6) is 0 Å². The van der Waals surface area contributed by atoms with Gasteiger partial charge in [0.1, 0.15) is 0 Å². The molecule has 0 radical (unpaired) electrons. The third-order valence-electron chi connectivity index (χ3n) is 1.72. The van der Waals surface area contributed by atoms with Gasteiger partial charge in [-0.3, -0.25) is 0 Å². The van der Waals surface area contributed by atoms with Crippen LogP contribution in [0.2, 0.25) is 5.02 Å². The highest BCUT2D eigenvalue weighted by Crippen LogP contribution is 2.36. The molecule has 1 nitrogen and oxygen atoms in total. The number of alkyl halides is 6. The molecule has 0 atom stereocenters. The van der Waals surface area contributed by atoms with E-state index in [4.69, 9.17) is 23.2 Å². The normalized spacial score (nSPS) is 13.9. The minimum atomic E-state index is -4.86. The molecule has 1 aromatic carbocycles. The second-order valence-electron chi connectivity index (χ2n) is 3.06. The van der Waals surface area contributed by atoms with Crippen LogP contribution < -0.4 is 0 Å². The molecule has 0 spiro atoms. The lowest BCUT2D eigenvalue weighted by molar-refractivity contribution is -0.137. The number of hydrogen-bond donors (Lipinski definition) is 0. The van der Waals surface area contributed by atoms with Crippen molar-refractivity contribution in [1.82, 2.24) is 0 Å². The van der Waals surface area contributed by atoms with Crippen LogP contribution in [0.3, 0.4) is 0 Å². The molecule has 0 fully saturated rings. The van der Waals surface area contributed by atoms with Gasteiger partial charge < -0.3 is 0 Å². The number of aliphatic imine (C=N–C) groups is 1. The third-order valence-corrected chi connectivity index (χ3v) is 2.33. The summed E-state index contributed by atoms with van der Waals surface area (Å²) < 4.78 is 73.0. The number of rotatable bonds is 1. The molecule has 0 heterocycles. The molecule has 0 aromatic heterocycles. The van der Waals surface area contributed by atoms with Crippen molar-refractivity contribution in [3.8, 4) is 0 Å². The Kier molecular flexibility index (Phi) is 4.17. The van der Waals surface area contributed by atoms with E-state index in [2.05, 4.69) is 4.99 Å². The van der Waals surface area contributed by atoms with Gasteiger partial charge >= 0.3 is 12.4 Å². The van der Waals surface area contributed by atoms with Crippen LogP contribution in [-0.4, -0.2) is 11.3 Å². The van der Waals surface area contributed by atoms with Crippen molar-refractivity contribution in [2.24, 2.45) is 4.99 Å². The van der Waals surface area contributed by atoms with Gasteiger partial charge in [0.15, 0.2) is 0 Å². The predicted molar refractivity (Wildman–Crippen MR) is 55.5 cm³/mol. The lowest BCUT2D eigenvalue weighted by atomic mass is 10.2. The Hall–Kier alpha value is -0.950. The maximum Gasteiger partial charge on any atom is 0.444 e. The molecule has 0 aliphatic carbocycles. The van der Waals surface area contributed by atoms with E-state index in [1.807, 2.05) is 0 Å². The Morgan fingerprint density at radius 1 is 1.06 bits per heavy atom. The van der Waals surface area contributed by atoms with Crippen molar-refractivity contribution in [2.75, 3.05) is 0 Å². The first-order valence-electron chi connectivity index (χ1n) is 4.20. The van der Waals surface area contributed by atoms with Crippen LogP contribution >= 0.6 is 23.2 Å². The largest absolute Gasteiger partial charge is 0.444 e. The lowest BCUT2D eigenvalue weighted by Gasteiger charge is -2.09. The van der Waals surface area contributed by atoms with Crippen molar-refractivity contribution in [3.05, 3.63) is 28.8 Å². The summed E-state index contributed by atoms with van der Waals surface area (Å²) in [5.74, 6) is 0. The summed E-state index contributed by atoms with van der Waals surface area (Å²) in [5, 5.41) is -2.45. The molecule has 0 saturated heterocycles. The topological polar surface area (TPSA) is 12.4 Å². The summed E-state index contributed by atoms with van der Waals surface area (Å²) in [6.07, 6.45) is -9.55. The molecule has 18 heavy (non-hydrogen) atoms. The zero-order chi connectivity index (χ0) is 14.1. The van der Waals surface area contributed by atoms with E-state index in [1.165, 1.54) is 0 Å². The maximum absolute atomic E-state index is 12.3. The van der Waals surface area contributed by atoms with Gasteiger partial charge in [0.05, 0.1) is 16.3 Å². The molecular weight excluding hydrogens is 307 g/mol. The van der Waals surface area contributed by atoms with Gasteiger partial charge in [-0.1, -0.05) is 23.2 Å². The van der Waals surface area contributed by atoms with E-state index >= 15 is 0 Å². The highest BCUT2D eigenvalue weighted by molar-refractivity contribution is 6.67. The van der Waals surface area contributed by atoms with Gasteiger partial charge in [0.2, 0.25) is 5.17 Å². The summed E-state index contributed by atoms with van der Waals surface area (Å²) in [6.45, 7) is 0. The average molecular weight is 310 g/mol. The first kappa shape index (κ1) is 15.1. The van der Waals surface area contributed by atoms with E-state index < -0.39 is 33.8 Å². The monoisotopic (exact) mass is 309 g/mol. The molecule has 0 N–H and O–H groups in total. The quantitative estimate of drug-likeness (QED) is 0.500. The van der Waals surface area contributed by atoms with Crippen LogP contribution in [0.15, 0.2) is 23.2 Å². The highest BCUT2D eigenvalue weighted by atomic mass is 35.5. The van der Waals surface area contributed by atoms with E-state index in [1.54, 1.807) is 0 Å². The molecule has 0 saturated carbocycles. The first-order chi connectivity index (χ1) is 8.01. The zero-order valence-electron chi connectivity index (χ0n) is 8.20.